The predicted molar refractivity (Wildman–Crippen MR) is 66.5 cm³/mol. The van der Waals surface area contributed by atoms with Crippen molar-refractivity contribution in [3.63, 3.8) is 0 Å². The van der Waals surface area contributed by atoms with Crippen LogP contribution < -0.4 is 5.73 Å². The number of rotatable bonds is 2. The summed E-state index contributed by atoms with van der Waals surface area (Å²) in [6.07, 6.45) is 5.05. The quantitative estimate of drug-likeness (QED) is 0.831. The Morgan fingerprint density at radius 2 is 1.81 bits per heavy atom. The van der Waals surface area contributed by atoms with Gasteiger partial charge in [0.15, 0.2) is 0 Å². The van der Waals surface area contributed by atoms with Crippen molar-refractivity contribution in [1.29, 1.82) is 0 Å². The number of hydrogen-bond donors (Lipinski definition) is 1. The van der Waals surface area contributed by atoms with Crippen LogP contribution in [0.3, 0.4) is 0 Å². The minimum absolute atomic E-state index is 0.401. The van der Waals surface area contributed by atoms with Crippen molar-refractivity contribution in [1.82, 2.24) is 9.97 Å². The van der Waals surface area contributed by atoms with Crippen molar-refractivity contribution in [3.05, 3.63) is 17.1 Å². The molecule has 0 saturated heterocycles. The first-order valence-corrected chi connectivity index (χ1v) is 6.23. The van der Waals surface area contributed by atoms with Crippen LogP contribution in [0.2, 0.25) is 0 Å². The van der Waals surface area contributed by atoms with Crippen LogP contribution in [0, 0.1) is 6.92 Å². The zero-order valence-electron chi connectivity index (χ0n) is 10.5. The fraction of sp³-hybridized carbons (Fsp3) is 0.692. The molecule has 0 atom stereocenters. The molecule has 1 aliphatic carbocycles. The molecule has 2 rings (SSSR count). The molecule has 0 unspecified atom stereocenters. The van der Waals surface area contributed by atoms with Crippen LogP contribution in [0.1, 0.15) is 68.4 Å². The maximum Gasteiger partial charge on any atom is 0.134 e. The van der Waals surface area contributed by atoms with Crippen molar-refractivity contribution in [2.24, 2.45) is 0 Å². The van der Waals surface area contributed by atoms with E-state index in [4.69, 9.17) is 5.73 Å². The second-order valence-electron chi connectivity index (χ2n) is 5.10. The van der Waals surface area contributed by atoms with E-state index in [0.717, 1.165) is 17.1 Å². The van der Waals surface area contributed by atoms with Crippen LogP contribution in [0.15, 0.2) is 0 Å². The van der Waals surface area contributed by atoms with E-state index >= 15 is 0 Å². The van der Waals surface area contributed by atoms with Gasteiger partial charge in [-0.1, -0.05) is 26.7 Å². The molecule has 3 heteroatoms. The Balaban J connectivity index is 2.36. The lowest BCUT2D eigenvalue weighted by Gasteiger charge is -2.15. The topological polar surface area (TPSA) is 51.8 Å². The van der Waals surface area contributed by atoms with Crippen molar-refractivity contribution in [3.8, 4) is 0 Å². The Morgan fingerprint density at radius 1 is 1.19 bits per heavy atom. The Kier molecular flexibility index (Phi) is 3.13. The van der Waals surface area contributed by atoms with E-state index in [1.807, 2.05) is 6.92 Å². The Hall–Kier alpha value is -1.12. The highest BCUT2D eigenvalue weighted by molar-refractivity contribution is 5.44. The summed E-state index contributed by atoms with van der Waals surface area (Å²) in [5.74, 6) is 2.60. The van der Waals surface area contributed by atoms with Gasteiger partial charge in [-0.15, -0.1) is 0 Å². The molecule has 0 bridgehead atoms. The number of aryl methyl sites for hydroxylation is 1. The van der Waals surface area contributed by atoms with E-state index in [-0.39, 0.29) is 0 Å². The lowest BCUT2D eigenvalue weighted by Crippen LogP contribution is -2.10. The third-order valence-electron chi connectivity index (χ3n) is 3.48. The van der Waals surface area contributed by atoms with E-state index < -0.39 is 0 Å². The van der Waals surface area contributed by atoms with E-state index in [0.29, 0.717) is 17.7 Å². The Labute approximate surface area is 97.5 Å². The van der Waals surface area contributed by atoms with Crippen LogP contribution in [-0.2, 0) is 0 Å². The summed E-state index contributed by atoms with van der Waals surface area (Å²) < 4.78 is 0. The van der Waals surface area contributed by atoms with Crippen LogP contribution in [0.4, 0.5) is 5.82 Å². The number of hydrogen-bond acceptors (Lipinski definition) is 3. The van der Waals surface area contributed by atoms with Gasteiger partial charge in [0.25, 0.3) is 0 Å². The first kappa shape index (κ1) is 11.4. The molecule has 1 fully saturated rings. The highest BCUT2D eigenvalue weighted by atomic mass is 15.0. The van der Waals surface area contributed by atoms with E-state index in [9.17, 15) is 0 Å². The molecule has 2 N–H and O–H groups in total. The van der Waals surface area contributed by atoms with E-state index in [1.54, 1.807) is 0 Å². The molecule has 0 radical (unpaired) electrons. The molecule has 88 valence electrons. The summed E-state index contributed by atoms with van der Waals surface area (Å²) in [5, 5.41) is 0. The maximum atomic E-state index is 6.04. The van der Waals surface area contributed by atoms with Gasteiger partial charge in [0.2, 0.25) is 0 Å². The van der Waals surface area contributed by atoms with Crippen LogP contribution in [-0.4, -0.2) is 9.97 Å². The summed E-state index contributed by atoms with van der Waals surface area (Å²) >= 11 is 0. The zero-order valence-corrected chi connectivity index (χ0v) is 10.5. The molecule has 0 spiro atoms. The molecule has 0 aromatic carbocycles. The number of anilines is 1. The molecular weight excluding hydrogens is 198 g/mol. The Morgan fingerprint density at radius 3 is 2.31 bits per heavy atom. The SMILES string of the molecule is Cc1nc(C2CCCC2)nc(N)c1C(C)C. The Bertz CT molecular complexity index is 356. The lowest BCUT2D eigenvalue weighted by atomic mass is 10.0. The zero-order chi connectivity index (χ0) is 11.7. The fourth-order valence-electron chi connectivity index (χ4n) is 2.71. The van der Waals surface area contributed by atoms with Crippen molar-refractivity contribution in [2.45, 2.75) is 58.3 Å². The van der Waals surface area contributed by atoms with Gasteiger partial charge in [-0.3, -0.25) is 0 Å². The first-order chi connectivity index (χ1) is 7.59. The minimum atomic E-state index is 0.401. The van der Waals surface area contributed by atoms with Gasteiger partial charge in [0.1, 0.15) is 11.6 Å². The summed E-state index contributed by atoms with van der Waals surface area (Å²) in [6.45, 7) is 6.32. The summed E-state index contributed by atoms with van der Waals surface area (Å²) in [5.41, 5.74) is 8.21. The average Bonchev–Trinajstić information content (AvgIpc) is 2.67. The van der Waals surface area contributed by atoms with Crippen molar-refractivity contribution >= 4 is 5.82 Å². The number of nitrogens with two attached hydrogens (primary N) is 1. The lowest BCUT2D eigenvalue weighted by molar-refractivity contribution is 0.659. The molecule has 1 aromatic heterocycles. The number of nitrogen functional groups attached to an aromatic ring is 1. The summed E-state index contributed by atoms with van der Waals surface area (Å²) in [4.78, 5) is 9.15. The molecule has 1 aliphatic rings. The monoisotopic (exact) mass is 219 g/mol. The van der Waals surface area contributed by atoms with E-state index in [2.05, 4.69) is 23.8 Å². The standard InChI is InChI=1S/C13H21N3/c1-8(2)11-9(3)15-13(16-12(11)14)10-6-4-5-7-10/h8,10H,4-7H2,1-3H3,(H2,14,15,16). The predicted octanol–water partition coefficient (Wildman–Crippen LogP) is 3.15. The highest BCUT2D eigenvalue weighted by Gasteiger charge is 2.22. The first-order valence-electron chi connectivity index (χ1n) is 6.23. The average molecular weight is 219 g/mol. The van der Waals surface area contributed by atoms with Gasteiger partial charge in [-0.05, 0) is 25.7 Å². The van der Waals surface area contributed by atoms with Crippen molar-refractivity contribution in [2.75, 3.05) is 5.73 Å². The number of nitrogens with zero attached hydrogens (tertiary/aromatic N) is 2. The molecule has 1 heterocycles. The van der Waals surface area contributed by atoms with Gasteiger partial charge < -0.3 is 5.73 Å². The largest absolute Gasteiger partial charge is 0.383 e. The maximum absolute atomic E-state index is 6.04. The van der Waals surface area contributed by atoms with Gasteiger partial charge in [-0.25, -0.2) is 9.97 Å². The van der Waals surface area contributed by atoms with Crippen molar-refractivity contribution < 1.29 is 0 Å². The van der Waals surface area contributed by atoms with Crippen LogP contribution in [0.5, 0.6) is 0 Å². The highest BCUT2D eigenvalue weighted by Crippen LogP contribution is 2.34. The van der Waals surface area contributed by atoms with Gasteiger partial charge in [-0.2, -0.15) is 0 Å². The van der Waals surface area contributed by atoms with Gasteiger partial charge in [0.05, 0.1) is 0 Å². The second kappa shape index (κ2) is 4.40. The van der Waals surface area contributed by atoms with Gasteiger partial charge in [0, 0.05) is 17.2 Å². The third-order valence-corrected chi connectivity index (χ3v) is 3.48. The molecule has 1 saturated carbocycles. The summed E-state index contributed by atoms with van der Waals surface area (Å²) in [7, 11) is 0. The van der Waals surface area contributed by atoms with Crippen LogP contribution in [0.25, 0.3) is 0 Å². The molecule has 1 aromatic rings. The van der Waals surface area contributed by atoms with Crippen LogP contribution >= 0.6 is 0 Å². The minimum Gasteiger partial charge on any atom is -0.383 e. The third kappa shape index (κ3) is 2.04. The smallest absolute Gasteiger partial charge is 0.134 e. The fourth-order valence-corrected chi connectivity index (χ4v) is 2.71. The molecule has 16 heavy (non-hydrogen) atoms. The molecule has 3 nitrogen and oxygen atoms in total. The molecular formula is C13H21N3. The molecule has 0 aliphatic heterocycles. The molecule has 0 amide bonds. The second-order valence-corrected chi connectivity index (χ2v) is 5.10. The van der Waals surface area contributed by atoms with Gasteiger partial charge >= 0.3 is 0 Å². The normalized spacial score (nSPS) is 17.2. The van der Waals surface area contributed by atoms with E-state index in [1.165, 1.54) is 25.7 Å². The number of aromatic nitrogens is 2. The summed E-state index contributed by atoms with van der Waals surface area (Å²) in [6, 6.07) is 0.